The molecule has 0 aliphatic heterocycles. The van der Waals surface area contributed by atoms with Crippen LogP contribution in [0.4, 0.5) is 4.39 Å². The van der Waals surface area contributed by atoms with Gasteiger partial charge in [-0.2, -0.15) is 0 Å². The zero-order valence-corrected chi connectivity index (χ0v) is 10.4. The summed E-state index contributed by atoms with van der Waals surface area (Å²) in [4.78, 5) is 1.05. The summed E-state index contributed by atoms with van der Waals surface area (Å²) >= 11 is 1.60. The van der Waals surface area contributed by atoms with Crippen LogP contribution in [0.3, 0.4) is 0 Å². The molecule has 0 fully saturated rings. The Labute approximate surface area is 90.9 Å². The Balaban J connectivity index is 0.000000791. The van der Waals surface area contributed by atoms with Crippen molar-refractivity contribution in [3.8, 4) is 0 Å². The van der Waals surface area contributed by atoms with Crippen molar-refractivity contribution in [2.24, 2.45) is 0 Å². The second-order valence-corrected chi connectivity index (χ2v) is 3.89. The maximum absolute atomic E-state index is 12.8. The molecule has 0 spiro atoms. The van der Waals surface area contributed by atoms with Crippen LogP contribution in [-0.4, -0.2) is 6.26 Å². The molecule has 0 aliphatic rings. The first-order valence-electron chi connectivity index (χ1n) is 4.98. The van der Waals surface area contributed by atoms with Crippen LogP contribution in [0.1, 0.15) is 39.2 Å². The van der Waals surface area contributed by atoms with Gasteiger partial charge in [-0.25, -0.2) is 4.39 Å². The first-order chi connectivity index (χ1) is 6.65. The van der Waals surface area contributed by atoms with Gasteiger partial charge in [0.1, 0.15) is 5.82 Å². The molecule has 0 saturated carbocycles. The van der Waals surface area contributed by atoms with Crippen molar-refractivity contribution in [1.82, 2.24) is 0 Å². The Morgan fingerprint density at radius 1 is 1.21 bits per heavy atom. The molecule has 80 valence electrons. The van der Waals surface area contributed by atoms with Crippen LogP contribution in [0.15, 0.2) is 23.1 Å². The third-order valence-corrected chi connectivity index (χ3v) is 2.61. The summed E-state index contributed by atoms with van der Waals surface area (Å²) in [5.74, 6) is 0.316. The van der Waals surface area contributed by atoms with E-state index in [1.165, 1.54) is 11.6 Å². The first-order valence-corrected chi connectivity index (χ1v) is 6.21. The molecular formula is C12H19FS. The Morgan fingerprint density at radius 3 is 2.21 bits per heavy atom. The summed E-state index contributed by atoms with van der Waals surface area (Å²) in [6, 6.07) is 4.99. The van der Waals surface area contributed by atoms with Crippen molar-refractivity contribution in [3.63, 3.8) is 0 Å². The minimum Gasteiger partial charge on any atom is -0.207 e. The van der Waals surface area contributed by atoms with E-state index in [2.05, 4.69) is 13.8 Å². The Kier molecular flexibility index (Phi) is 6.64. The number of thioether (sulfide) groups is 1. The summed E-state index contributed by atoms with van der Waals surface area (Å²) in [5.41, 5.74) is 1.23. The monoisotopic (exact) mass is 214 g/mol. The molecule has 1 aromatic carbocycles. The van der Waals surface area contributed by atoms with Crippen LogP contribution >= 0.6 is 11.8 Å². The largest absolute Gasteiger partial charge is 0.207 e. The van der Waals surface area contributed by atoms with Gasteiger partial charge in [-0.05, 0) is 29.9 Å². The SMILES string of the molecule is CC.CSc1cc(F)ccc1C(C)C. The van der Waals surface area contributed by atoms with Gasteiger partial charge in [-0.15, -0.1) is 11.8 Å². The van der Waals surface area contributed by atoms with Crippen molar-refractivity contribution in [2.45, 2.75) is 38.5 Å². The molecule has 14 heavy (non-hydrogen) atoms. The fourth-order valence-corrected chi connectivity index (χ4v) is 1.93. The Bertz CT molecular complexity index is 269. The summed E-state index contributed by atoms with van der Waals surface area (Å²) in [7, 11) is 0. The molecular weight excluding hydrogens is 195 g/mol. The quantitative estimate of drug-likeness (QED) is 0.643. The molecule has 1 rings (SSSR count). The predicted octanol–water partition coefficient (Wildman–Crippen LogP) is 4.70. The molecule has 0 N–H and O–H groups in total. The van der Waals surface area contributed by atoms with Crippen molar-refractivity contribution >= 4 is 11.8 Å². The van der Waals surface area contributed by atoms with E-state index in [9.17, 15) is 4.39 Å². The molecule has 0 nitrogen and oxygen atoms in total. The summed E-state index contributed by atoms with van der Waals surface area (Å²) in [6.07, 6.45) is 1.97. The van der Waals surface area contributed by atoms with Crippen LogP contribution in [0, 0.1) is 5.82 Å². The van der Waals surface area contributed by atoms with Gasteiger partial charge < -0.3 is 0 Å². The normalized spacial score (nSPS) is 9.64. The van der Waals surface area contributed by atoms with Gasteiger partial charge in [-0.1, -0.05) is 33.8 Å². The number of hydrogen-bond donors (Lipinski definition) is 0. The highest BCUT2D eigenvalue weighted by atomic mass is 32.2. The molecule has 0 amide bonds. The van der Waals surface area contributed by atoms with E-state index in [0.717, 1.165) is 4.90 Å². The van der Waals surface area contributed by atoms with Crippen molar-refractivity contribution in [1.29, 1.82) is 0 Å². The topological polar surface area (TPSA) is 0 Å². The van der Waals surface area contributed by atoms with E-state index in [-0.39, 0.29) is 5.82 Å². The lowest BCUT2D eigenvalue weighted by Gasteiger charge is -2.10. The van der Waals surface area contributed by atoms with Gasteiger partial charge in [0, 0.05) is 4.90 Å². The molecule has 0 heterocycles. The lowest BCUT2D eigenvalue weighted by atomic mass is 10.0. The molecule has 0 saturated heterocycles. The molecule has 0 unspecified atom stereocenters. The van der Waals surface area contributed by atoms with E-state index < -0.39 is 0 Å². The van der Waals surface area contributed by atoms with E-state index in [4.69, 9.17) is 0 Å². The molecule has 0 radical (unpaired) electrons. The van der Waals surface area contributed by atoms with Crippen LogP contribution in [0.2, 0.25) is 0 Å². The zero-order valence-electron chi connectivity index (χ0n) is 9.60. The summed E-state index contributed by atoms with van der Waals surface area (Å²) in [6.45, 7) is 8.24. The van der Waals surface area contributed by atoms with Crippen LogP contribution < -0.4 is 0 Å². The second-order valence-electron chi connectivity index (χ2n) is 3.04. The van der Waals surface area contributed by atoms with Crippen LogP contribution in [0.25, 0.3) is 0 Å². The van der Waals surface area contributed by atoms with Crippen LogP contribution in [0.5, 0.6) is 0 Å². The third-order valence-electron chi connectivity index (χ3n) is 1.82. The molecule has 0 atom stereocenters. The van der Waals surface area contributed by atoms with Gasteiger partial charge in [0.25, 0.3) is 0 Å². The fourth-order valence-electron chi connectivity index (χ4n) is 1.16. The standard InChI is InChI=1S/C10H13FS.C2H6/c1-7(2)9-5-4-8(11)6-10(9)12-3;1-2/h4-7H,1-3H3;1-2H3. The molecule has 0 aliphatic carbocycles. The van der Waals surface area contributed by atoms with Gasteiger partial charge in [0.05, 0.1) is 0 Å². The van der Waals surface area contributed by atoms with E-state index in [1.54, 1.807) is 17.8 Å². The first kappa shape index (κ1) is 13.5. The van der Waals surface area contributed by atoms with Gasteiger partial charge in [0.15, 0.2) is 0 Å². The Morgan fingerprint density at radius 2 is 1.79 bits per heavy atom. The number of hydrogen-bond acceptors (Lipinski definition) is 1. The average Bonchev–Trinajstić information content (AvgIpc) is 2.20. The summed E-state index contributed by atoms with van der Waals surface area (Å²) < 4.78 is 12.8. The number of halogens is 1. The smallest absolute Gasteiger partial charge is 0.124 e. The van der Waals surface area contributed by atoms with E-state index in [0.29, 0.717) is 5.92 Å². The molecule has 2 heteroatoms. The molecule has 0 aromatic heterocycles. The van der Waals surface area contributed by atoms with E-state index >= 15 is 0 Å². The fraction of sp³-hybridized carbons (Fsp3) is 0.500. The highest BCUT2D eigenvalue weighted by molar-refractivity contribution is 7.98. The Hall–Kier alpha value is -0.500. The average molecular weight is 214 g/mol. The molecule has 0 bridgehead atoms. The second kappa shape index (κ2) is 6.88. The molecule has 1 aromatic rings. The minimum absolute atomic E-state index is 0.149. The summed E-state index contributed by atoms with van der Waals surface area (Å²) in [5, 5.41) is 0. The van der Waals surface area contributed by atoms with Crippen molar-refractivity contribution < 1.29 is 4.39 Å². The highest BCUT2D eigenvalue weighted by Gasteiger charge is 2.05. The minimum atomic E-state index is -0.149. The maximum Gasteiger partial charge on any atom is 0.124 e. The van der Waals surface area contributed by atoms with Gasteiger partial charge in [-0.3, -0.25) is 0 Å². The van der Waals surface area contributed by atoms with Gasteiger partial charge in [0.2, 0.25) is 0 Å². The number of benzene rings is 1. The highest BCUT2D eigenvalue weighted by Crippen LogP contribution is 2.27. The predicted molar refractivity (Wildman–Crippen MR) is 63.6 cm³/mol. The van der Waals surface area contributed by atoms with E-state index in [1.807, 2.05) is 26.2 Å². The zero-order chi connectivity index (χ0) is 11.1. The maximum atomic E-state index is 12.8. The van der Waals surface area contributed by atoms with Crippen LogP contribution in [-0.2, 0) is 0 Å². The lowest BCUT2D eigenvalue weighted by Crippen LogP contribution is -1.91. The number of rotatable bonds is 2. The van der Waals surface area contributed by atoms with Crippen molar-refractivity contribution in [3.05, 3.63) is 29.6 Å². The van der Waals surface area contributed by atoms with Gasteiger partial charge >= 0.3 is 0 Å². The lowest BCUT2D eigenvalue weighted by molar-refractivity contribution is 0.621. The van der Waals surface area contributed by atoms with Crippen molar-refractivity contribution in [2.75, 3.05) is 6.26 Å². The third kappa shape index (κ3) is 3.70.